The first kappa shape index (κ1) is 10.0. The largest absolute Gasteiger partial charge is 0.443 e. The molecule has 1 fully saturated rings. The maximum absolute atomic E-state index is 11.5. The van der Waals surface area contributed by atoms with Crippen LogP contribution in [0.4, 0.5) is 10.6 Å². The summed E-state index contributed by atoms with van der Waals surface area (Å²) in [5, 5.41) is 0. The standard InChI is InChI=1S/C10H15N3O2/c1-2-12-5-3-4-9(12)13-7-8(6-11)15-10(13)14/h3-5,8H,2,6-7,11H2,1H3/t8-/m0/s1. The van der Waals surface area contributed by atoms with Crippen molar-refractivity contribution in [2.24, 2.45) is 5.73 Å². The zero-order chi connectivity index (χ0) is 10.8. The maximum atomic E-state index is 11.5. The molecule has 0 saturated carbocycles. The van der Waals surface area contributed by atoms with Crippen LogP contribution in [0, 0.1) is 0 Å². The van der Waals surface area contributed by atoms with Crippen molar-refractivity contribution in [2.75, 3.05) is 18.0 Å². The highest BCUT2D eigenvalue weighted by Crippen LogP contribution is 2.21. The van der Waals surface area contributed by atoms with E-state index in [4.69, 9.17) is 10.5 Å². The normalized spacial score (nSPS) is 20.8. The minimum atomic E-state index is -0.307. The first-order valence-electron chi connectivity index (χ1n) is 5.09. The molecule has 2 rings (SSSR count). The van der Waals surface area contributed by atoms with Crippen LogP contribution in [0.3, 0.4) is 0 Å². The Balaban J connectivity index is 2.21. The molecule has 15 heavy (non-hydrogen) atoms. The lowest BCUT2D eigenvalue weighted by molar-refractivity contribution is 0.145. The minimum Gasteiger partial charge on any atom is -0.443 e. The predicted molar refractivity (Wildman–Crippen MR) is 56.8 cm³/mol. The lowest BCUT2D eigenvalue weighted by atomic mass is 10.3. The van der Waals surface area contributed by atoms with Crippen molar-refractivity contribution in [3.8, 4) is 0 Å². The van der Waals surface area contributed by atoms with Gasteiger partial charge < -0.3 is 15.0 Å². The highest BCUT2D eigenvalue weighted by molar-refractivity contribution is 5.88. The second-order valence-electron chi connectivity index (χ2n) is 3.50. The number of anilines is 1. The highest BCUT2D eigenvalue weighted by atomic mass is 16.6. The van der Waals surface area contributed by atoms with E-state index in [9.17, 15) is 4.79 Å². The summed E-state index contributed by atoms with van der Waals surface area (Å²) in [7, 11) is 0. The number of hydrogen-bond acceptors (Lipinski definition) is 3. The van der Waals surface area contributed by atoms with Crippen LogP contribution in [0.15, 0.2) is 18.3 Å². The Morgan fingerprint density at radius 3 is 3.07 bits per heavy atom. The number of carbonyl (C=O) groups excluding carboxylic acids is 1. The molecule has 5 heteroatoms. The molecule has 0 aliphatic carbocycles. The van der Waals surface area contributed by atoms with Gasteiger partial charge in [0.1, 0.15) is 11.9 Å². The molecule has 1 saturated heterocycles. The van der Waals surface area contributed by atoms with Gasteiger partial charge in [0.25, 0.3) is 0 Å². The van der Waals surface area contributed by atoms with E-state index in [0.717, 1.165) is 12.4 Å². The third-order valence-electron chi connectivity index (χ3n) is 2.56. The van der Waals surface area contributed by atoms with E-state index < -0.39 is 0 Å². The smallest absolute Gasteiger partial charge is 0.415 e. The molecule has 0 unspecified atom stereocenters. The summed E-state index contributed by atoms with van der Waals surface area (Å²) in [4.78, 5) is 13.2. The Bertz CT molecular complexity index is 361. The molecule has 1 aliphatic heterocycles. The summed E-state index contributed by atoms with van der Waals surface area (Å²) in [6, 6.07) is 3.82. The van der Waals surface area contributed by atoms with Crippen molar-refractivity contribution >= 4 is 11.9 Å². The van der Waals surface area contributed by atoms with Crippen LogP contribution in [0.25, 0.3) is 0 Å². The summed E-state index contributed by atoms with van der Waals surface area (Å²) in [5.41, 5.74) is 5.47. The molecule has 82 valence electrons. The maximum Gasteiger partial charge on any atom is 0.415 e. The molecule has 1 amide bonds. The second kappa shape index (κ2) is 3.94. The van der Waals surface area contributed by atoms with Crippen molar-refractivity contribution < 1.29 is 9.53 Å². The van der Waals surface area contributed by atoms with E-state index in [1.165, 1.54) is 0 Å². The van der Waals surface area contributed by atoms with Gasteiger partial charge in [0, 0.05) is 19.3 Å². The van der Waals surface area contributed by atoms with Crippen molar-refractivity contribution in [1.29, 1.82) is 0 Å². The Hall–Kier alpha value is -1.49. The molecule has 1 aliphatic rings. The number of hydrogen-bond donors (Lipinski definition) is 1. The number of aryl methyl sites for hydroxylation is 1. The minimum absolute atomic E-state index is 0.183. The number of rotatable bonds is 3. The molecular formula is C10H15N3O2. The van der Waals surface area contributed by atoms with E-state index in [-0.39, 0.29) is 12.2 Å². The lowest BCUT2D eigenvalue weighted by Gasteiger charge is -2.14. The van der Waals surface area contributed by atoms with E-state index >= 15 is 0 Å². The fourth-order valence-corrected chi connectivity index (χ4v) is 1.75. The van der Waals surface area contributed by atoms with Gasteiger partial charge in [-0.25, -0.2) is 4.79 Å². The molecule has 2 heterocycles. The first-order valence-corrected chi connectivity index (χ1v) is 5.09. The van der Waals surface area contributed by atoms with Gasteiger partial charge in [0.2, 0.25) is 0 Å². The van der Waals surface area contributed by atoms with Crippen LogP contribution in [0.5, 0.6) is 0 Å². The lowest BCUT2D eigenvalue weighted by Crippen LogP contribution is -2.28. The Kier molecular flexibility index (Phi) is 2.64. The third-order valence-corrected chi connectivity index (χ3v) is 2.56. The zero-order valence-electron chi connectivity index (χ0n) is 8.72. The SMILES string of the molecule is CCn1cccc1N1C[C@H](CN)OC1=O. The summed E-state index contributed by atoms with van der Waals surface area (Å²) in [6.07, 6.45) is 1.45. The molecule has 1 aromatic heterocycles. The Morgan fingerprint density at radius 2 is 2.47 bits per heavy atom. The van der Waals surface area contributed by atoms with Crippen LogP contribution in [0.2, 0.25) is 0 Å². The number of nitrogens with zero attached hydrogens (tertiary/aromatic N) is 2. The number of carbonyl (C=O) groups is 1. The summed E-state index contributed by atoms with van der Waals surface area (Å²) < 4.78 is 7.10. The Labute approximate surface area is 88.4 Å². The molecule has 0 aromatic carbocycles. The molecule has 0 radical (unpaired) electrons. The van der Waals surface area contributed by atoms with Gasteiger partial charge in [-0.2, -0.15) is 0 Å². The van der Waals surface area contributed by atoms with Gasteiger partial charge in [-0.1, -0.05) is 0 Å². The average Bonchev–Trinajstić information content (AvgIpc) is 2.82. The quantitative estimate of drug-likeness (QED) is 0.800. The topological polar surface area (TPSA) is 60.5 Å². The number of aromatic nitrogens is 1. The summed E-state index contributed by atoms with van der Waals surface area (Å²) in [5.74, 6) is 0.874. The van der Waals surface area contributed by atoms with Crippen molar-refractivity contribution in [1.82, 2.24) is 4.57 Å². The molecule has 1 atom stereocenters. The van der Waals surface area contributed by atoms with Crippen LogP contribution >= 0.6 is 0 Å². The van der Waals surface area contributed by atoms with Crippen molar-refractivity contribution in [3.05, 3.63) is 18.3 Å². The Morgan fingerprint density at radius 1 is 1.67 bits per heavy atom. The van der Waals surface area contributed by atoms with Gasteiger partial charge in [-0.05, 0) is 19.1 Å². The first-order chi connectivity index (χ1) is 7.26. The van der Waals surface area contributed by atoms with Gasteiger partial charge in [0.05, 0.1) is 6.54 Å². The number of amides is 1. The molecule has 1 aromatic rings. The van der Waals surface area contributed by atoms with Crippen LogP contribution in [-0.4, -0.2) is 29.9 Å². The van der Waals surface area contributed by atoms with E-state index in [0.29, 0.717) is 13.1 Å². The summed E-state index contributed by atoms with van der Waals surface area (Å²) in [6.45, 7) is 3.78. The van der Waals surface area contributed by atoms with Gasteiger partial charge in [0.15, 0.2) is 0 Å². The van der Waals surface area contributed by atoms with Crippen LogP contribution in [0.1, 0.15) is 6.92 Å². The molecule has 0 spiro atoms. The molecule has 0 bridgehead atoms. The molecule has 5 nitrogen and oxygen atoms in total. The monoisotopic (exact) mass is 209 g/mol. The van der Waals surface area contributed by atoms with Gasteiger partial charge in [-0.15, -0.1) is 0 Å². The number of nitrogens with two attached hydrogens (primary N) is 1. The van der Waals surface area contributed by atoms with E-state index in [1.54, 1.807) is 4.90 Å². The average molecular weight is 209 g/mol. The predicted octanol–water partition coefficient (Wildman–Crippen LogP) is 0.792. The van der Waals surface area contributed by atoms with Crippen molar-refractivity contribution in [3.63, 3.8) is 0 Å². The van der Waals surface area contributed by atoms with Crippen molar-refractivity contribution in [2.45, 2.75) is 19.6 Å². The van der Waals surface area contributed by atoms with Crippen LogP contribution < -0.4 is 10.6 Å². The van der Waals surface area contributed by atoms with Crippen LogP contribution in [-0.2, 0) is 11.3 Å². The third kappa shape index (κ3) is 1.70. The number of cyclic esters (lactones) is 1. The fraction of sp³-hybridized carbons (Fsp3) is 0.500. The van der Waals surface area contributed by atoms with E-state index in [2.05, 4.69) is 0 Å². The van der Waals surface area contributed by atoms with Gasteiger partial charge in [-0.3, -0.25) is 4.90 Å². The molecular weight excluding hydrogens is 194 g/mol. The fourth-order valence-electron chi connectivity index (χ4n) is 1.75. The van der Waals surface area contributed by atoms with E-state index in [1.807, 2.05) is 29.8 Å². The number of ether oxygens (including phenoxy) is 1. The van der Waals surface area contributed by atoms with Gasteiger partial charge >= 0.3 is 6.09 Å². The molecule has 2 N–H and O–H groups in total. The highest BCUT2D eigenvalue weighted by Gasteiger charge is 2.32. The summed E-state index contributed by atoms with van der Waals surface area (Å²) >= 11 is 0. The zero-order valence-corrected chi connectivity index (χ0v) is 8.72. The second-order valence-corrected chi connectivity index (χ2v) is 3.50.